The highest BCUT2D eigenvalue weighted by Gasteiger charge is 2.38. The van der Waals surface area contributed by atoms with E-state index in [1.807, 2.05) is 0 Å². The van der Waals surface area contributed by atoms with Crippen LogP contribution in [-0.4, -0.2) is 31.6 Å². The van der Waals surface area contributed by atoms with Crippen LogP contribution in [0.3, 0.4) is 0 Å². The minimum atomic E-state index is -2.87. The molecule has 0 unspecified atom stereocenters. The summed E-state index contributed by atoms with van der Waals surface area (Å²) in [7, 11) is -2.87. The van der Waals surface area contributed by atoms with Crippen LogP contribution in [-0.2, 0) is 9.84 Å². The van der Waals surface area contributed by atoms with Gasteiger partial charge in [-0.05, 0) is 55.3 Å². The molecule has 120 valence electrons. The molecule has 0 saturated heterocycles. The molecule has 0 aliphatic heterocycles. The first-order valence-corrected chi connectivity index (χ1v) is 9.77. The molecule has 0 bridgehead atoms. The summed E-state index contributed by atoms with van der Waals surface area (Å²) in [4.78, 5) is 0. The Kier molecular flexibility index (Phi) is 6.09. The first-order chi connectivity index (χ1) is 9.14. The van der Waals surface area contributed by atoms with Crippen LogP contribution in [0.4, 0.5) is 0 Å². The summed E-state index contributed by atoms with van der Waals surface area (Å²) in [5.74, 6) is 1.22. The summed E-state index contributed by atoms with van der Waals surface area (Å²) in [5, 5.41) is 9.77. The Balaban J connectivity index is 2.51. The van der Waals surface area contributed by atoms with Gasteiger partial charge in [-0.2, -0.15) is 0 Å². The van der Waals surface area contributed by atoms with E-state index in [1.54, 1.807) is 6.92 Å². The van der Waals surface area contributed by atoms with Gasteiger partial charge in [-0.25, -0.2) is 8.42 Å². The Morgan fingerprint density at radius 3 is 2.15 bits per heavy atom. The van der Waals surface area contributed by atoms with E-state index < -0.39 is 9.84 Å². The van der Waals surface area contributed by atoms with E-state index in [0.29, 0.717) is 11.8 Å². The summed E-state index contributed by atoms with van der Waals surface area (Å²) < 4.78 is 23.1. The Morgan fingerprint density at radius 1 is 1.20 bits per heavy atom. The number of aliphatic hydroxyl groups excluding tert-OH is 1. The lowest BCUT2D eigenvalue weighted by Gasteiger charge is -2.43. The molecule has 1 aliphatic rings. The number of hydrogen-bond donors (Lipinski definition) is 1. The second kappa shape index (κ2) is 6.78. The Bertz CT molecular complexity index is 384. The van der Waals surface area contributed by atoms with E-state index in [2.05, 4.69) is 20.8 Å². The minimum absolute atomic E-state index is 0.0228. The van der Waals surface area contributed by atoms with Crippen molar-refractivity contribution in [3.05, 3.63) is 0 Å². The lowest BCUT2D eigenvalue weighted by Crippen LogP contribution is -2.35. The highest BCUT2D eigenvalue weighted by Crippen LogP contribution is 2.47. The van der Waals surface area contributed by atoms with Crippen molar-refractivity contribution < 1.29 is 13.5 Å². The molecule has 1 fully saturated rings. The van der Waals surface area contributed by atoms with Crippen molar-refractivity contribution in [1.82, 2.24) is 0 Å². The molecule has 0 spiro atoms. The summed E-state index contributed by atoms with van der Waals surface area (Å²) in [6, 6.07) is 0. The monoisotopic (exact) mass is 304 g/mol. The molecule has 0 atom stereocenters. The van der Waals surface area contributed by atoms with Gasteiger partial charge in [0.1, 0.15) is 9.84 Å². The molecule has 1 N–H and O–H groups in total. The number of hydrogen-bond acceptors (Lipinski definition) is 3. The zero-order valence-electron chi connectivity index (χ0n) is 13.6. The topological polar surface area (TPSA) is 54.4 Å². The molecule has 1 aliphatic carbocycles. The van der Waals surface area contributed by atoms with Crippen LogP contribution < -0.4 is 0 Å². The molecule has 1 rings (SSSR count). The van der Waals surface area contributed by atoms with Gasteiger partial charge in [0.2, 0.25) is 0 Å². The lowest BCUT2D eigenvalue weighted by molar-refractivity contribution is 0.0300. The molecule has 0 amide bonds. The van der Waals surface area contributed by atoms with Gasteiger partial charge in [-0.15, -0.1) is 0 Å². The summed E-state index contributed by atoms with van der Waals surface area (Å²) in [6.45, 7) is 8.77. The largest absolute Gasteiger partial charge is 0.396 e. The Morgan fingerprint density at radius 2 is 1.75 bits per heavy atom. The molecule has 0 aromatic carbocycles. The smallest absolute Gasteiger partial charge is 0.150 e. The quantitative estimate of drug-likeness (QED) is 0.818. The summed E-state index contributed by atoms with van der Waals surface area (Å²) in [5.41, 5.74) is 0.318. The SMILES string of the molecule is CCS(=O)(=O)CCCC1(CO)CCC(C(C)(C)C)CC1. The highest BCUT2D eigenvalue weighted by atomic mass is 32.2. The van der Waals surface area contributed by atoms with Gasteiger partial charge < -0.3 is 5.11 Å². The van der Waals surface area contributed by atoms with Crippen molar-refractivity contribution in [2.75, 3.05) is 18.1 Å². The third-order valence-corrected chi connectivity index (χ3v) is 7.00. The van der Waals surface area contributed by atoms with Gasteiger partial charge >= 0.3 is 0 Å². The predicted octanol–water partition coefficient (Wildman–Crippen LogP) is 3.42. The fraction of sp³-hybridized carbons (Fsp3) is 1.00. The Labute approximate surface area is 125 Å². The van der Waals surface area contributed by atoms with E-state index in [0.717, 1.165) is 38.0 Å². The average Bonchev–Trinajstić information content (AvgIpc) is 2.38. The zero-order valence-corrected chi connectivity index (χ0v) is 14.4. The van der Waals surface area contributed by atoms with Crippen molar-refractivity contribution >= 4 is 9.84 Å². The molecule has 4 heteroatoms. The summed E-state index contributed by atoms with van der Waals surface area (Å²) in [6.07, 6.45) is 5.93. The second-order valence-electron chi connectivity index (χ2n) is 7.64. The maximum Gasteiger partial charge on any atom is 0.150 e. The van der Waals surface area contributed by atoms with Crippen LogP contribution in [0.15, 0.2) is 0 Å². The zero-order chi connectivity index (χ0) is 15.4. The molecule has 0 aromatic rings. The van der Waals surface area contributed by atoms with Gasteiger partial charge in [-0.1, -0.05) is 27.7 Å². The molecule has 0 heterocycles. The first-order valence-electron chi connectivity index (χ1n) is 7.95. The molecule has 0 radical (unpaired) electrons. The number of sulfone groups is 1. The molecule has 3 nitrogen and oxygen atoms in total. The maximum atomic E-state index is 11.6. The number of aliphatic hydroxyl groups is 1. The molecular weight excluding hydrogens is 272 g/mol. The number of rotatable bonds is 6. The van der Waals surface area contributed by atoms with Crippen molar-refractivity contribution in [1.29, 1.82) is 0 Å². The minimum Gasteiger partial charge on any atom is -0.396 e. The van der Waals surface area contributed by atoms with E-state index in [1.165, 1.54) is 0 Å². The van der Waals surface area contributed by atoms with Crippen LogP contribution >= 0.6 is 0 Å². The van der Waals surface area contributed by atoms with Gasteiger partial charge in [0.05, 0.1) is 5.75 Å². The van der Waals surface area contributed by atoms with Crippen LogP contribution in [0.5, 0.6) is 0 Å². The fourth-order valence-corrected chi connectivity index (χ4v) is 4.27. The van der Waals surface area contributed by atoms with Crippen LogP contribution in [0.25, 0.3) is 0 Å². The van der Waals surface area contributed by atoms with Crippen molar-refractivity contribution in [2.45, 2.75) is 66.2 Å². The van der Waals surface area contributed by atoms with Crippen molar-refractivity contribution in [2.24, 2.45) is 16.7 Å². The first kappa shape index (κ1) is 18.0. The Hall–Kier alpha value is -0.0900. The maximum absolute atomic E-state index is 11.6. The molecule has 1 saturated carbocycles. The van der Waals surface area contributed by atoms with Gasteiger partial charge in [0.25, 0.3) is 0 Å². The van der Waals surface area contributed by atoms with Gasteiger partial charge in [0, 0.05) is 12.4 Å². The average molecular weight is 304 g/mol. The van der Waals surface area contributed by atoms with Crippen LogP contribution in [0, 0.1) is 16.7 Å². The molecular formula is C16H32O3S. The third kappa shape index (κ3) is 5.03. The third-order valence-electron chi connectivity index (χ3n) is 5.21. The van der Waals surface area contributed by atoms with Gasteiger partial charge in [0.15, 0.2) is 0 Å². The van der Waals surface area contributed by atoms with Crippen LogP contribution in [0.2, 0.25) is 0 Å². The van der Waals surface area contributed by atoms with E-state index >= 15 is 0 Å². The van der Waals surface area contributed by atoms with E-state index in [4.69, 9.17) is 0 Å². The highest BCUT2D eigenvalue weighted by molar-refractivity contribution is 7.91. The normalized spacial score (nSPS) is 28.6. The van der Waals surface area contributed by atoms with E-state index in [9.17, 15) is 13.5 Å². The second-order valence-corrected chi connectivity index (χ2v) is 10.1. The molecule has 0 aromatic heterocycles. The van der Waals surface area contributed by atoms with E-state index in [-0.39, 0.29) is 23.5 Å². The van der Waals surface area contributed by atoms with Crippen molar-refractivity contribution in [3.8, 4) is 0 Å². The van der Waals surface area contributed by atoms with Crippen LogP contribution in [0.1, 0.15) is 66.2 Å². The standard InChI is InChI=1S/C16H32O3S/c1-5-20(18,19)12-6-9-16(13-17)10-7-14(8-11-16)15(2,3)4/h14,17H,5-13H2,1-4H3. The summed E-state index contributed by atoms with van der Waals surface area (Å²) >= 11 is 0. The predicted molar refractivity (Wildman–Crippen MR) is 84.5 cm³/mol. The fourth-order valence-electron chi connectivity index (χ4n) is 3.39. The van der Waals surface area contributed by atoms with Gasteiger partial charge in [-0.3, -0.25) is 0 Å². The van der Waals surface area contributed by atoms with Crippen molar-refractivity contribution in [3.63, 3.8) is 0 Å². The lowest BCUT2D eigenvalue weighted by atomic mass is 9.63. The molecule has 20 heavy (non-hydrogen) atoms.